The lowest BCUT2D eigenvalue weighted by Gasteiger charge is -2.29. The molecule has 1 aromatic carbocycles. The third-order valence-corrected chi connectivity index (χ3v) is 3.78. The average molecular weight is 308 g/mol. The van der Waals surface area contributed by atoms with E-state index in [0.717, 1.165) is 27.5 Å². The fourth-order valence-corrected chi connectivity index (χ4v) is 2.19. The van der Waals surface area contributed by atoms with E-state index in [9.17, 15) is 0 Å². The Morgan fingerprint density at radius 2 is 2.22 bits per heavy atom. The number of benzene rings is 1. The van der Waals surface area contributed by atoms with Crippen LogP contribution in [0.3, 0.4) is 0 Å². The van der Waals surface area contributed by atoms with Crippen LogP contribution in [0.25, 0.3) is 10.9 Å². The van der Waals surface area contributed by atoms with Crippen molar-refractivity contribution in [2.45, 2.75) is 25.8 Å². The summed E-state index contributed by atoms with van der Waals surface area (Å²) in [5.41, 5.74) is 7.77. The van der Waals surface area contributed by atoms with Gasteiger partial charge in [0, 0.05) is 28.1 Å². The minimum atomic E-state index is -0.0942. The normalized spacial score (nSPS) is 14.4. The first-order valence-corrected chi connectivity index (χ1v) is 6.90. The molecule has 0 spiro atoms. The summed E-state index contributed by atoms with van der Waals surface area (Å²) in [7, 11) is 0. The van der Waals surface area contributed by atoms with Crippen LogP contribution in [0.15, 0.2) is 34.9 Å². The molecule has 2 aromatic rings. The van der Waals surface area contributed by atoms with E-state index in [1.165, 1.54) is 0 Å². The van der Waals surface area contributed by atoms with Crippen molar-refractivity contribution in [2.75, 3.05) is 11.9 Å². The number of nitrogens with two attached hydrogens (primary N) is 1. The summed E-state index contributed by atoms with van der Waals surface area (Å²) in [6.07, 6.45) is 2.79. The average Bonchev–Trinajstić information content (AvgIpc) is 2.38. The molecule has 18 heavy (non-hydrogen) atoms. The van der Waals surface area contributed by atoms with Crippen LogP contribution < -0.4 is 11.1 Å². The second-order valence-corrected chi connectivity index (χ2v) is 5.69. The van der Waals surface area contributed by atoms with E-state index < -0.39 is 0 Å². The fraction of sp³-hybridized carbons (Fsp3) is 0.357. The van der Waals surface area contributed by atoms with Crippen LogP contribution >= 0.6 is 15.9 Å². The first-order chi connectivity index (χ1) is 8.58. The maximum Gasteiger partial charge on any atom is 0.0934 e. The fourth-order valence-electron chi connectivity index (χ4n) is 1.84. The Balaban J connectivity index is 2.45. The van der Waals surface area contributed by atoms with E-state index in [2.05, 4.69) is 52.2 Å². The summed E-state index contributed by atoms with van der Waals surface area (Å²) in [5.74, 6) is 0. The number of para-hydroxylation sites is 1. The number of rotatable bonds is 4. The standard InChI is InChI=1S/C14H18BrN3/c1-3-14(2,9-16)18-12-6-4-5-10-7-11(15)8-17-13(10)12/h4-8,18H,3,9,16H2,1-2H3. The van der Waals surface area contributed by atoms with E-state index in [0.29, 0.717) is 6.54 Å². The summed E-state index contributed by atoms with van der Waals surface area (Å²) >= 11 is 3.44. The number of hydrogen-bond acceptors (Lipinski definition) is 3. The van der Waals surface area contributed by atoms with Gasteiger partial charge in [0.2, 0.25) is 0 Å². The lowest BCUT2D eigenvalue weighted by Crippen LogP contribution is -2.41. The van der Waals surface area contributed by atoms with Gasteiger partial charge in [-0.1, -0.05) is 19.1 Å². The Morgan fingerprint density at radius 1 is 1.44 bits per heavy atom. The number of aromatic nitrogens is 1. The topological polar surface area (TPSA) is 50.9 Å². The van der Waals surface area contributed by atoms with Crippen molar-refractivity contribution < 1.29 is 0 Å². The molecule has 96 valence electrons. The van der Waals surface area contributed by atoms with Crippen molar-refractivity contribution in [1.82, 2.24) is 4.98 Å². The van der Waals surface area contributed by atoms with Crippen molar-refractivity contribution in [2.24, 2.45) is 5.73 Å². The van der Waals surface area contributed by atoms with Gasteiger partial charge in [-0.3, -0.25) is 4.98 Å². The smallest absolute Gasteiger partial charge is 0.0934 e. The predicted molar refractivity (Wildman–Crippen MR) is 80.8 cm³/mol. The zero-order valence-electron chi connectivity index (χ0n) is 10.7. The van der Waals surface area contributed by atoms with Gasteiger partial charge >= 0.3 is 0 Å². The first-order valence-electron chi connectivity index (χ1n) is 6.10. The predicted octanol–water partition coefficient (Wildman–Crippen LogP) is 3.54. The zero-order chi connectivity index (χ0) is 13.2. The molecule has 0 saturated carbocycles. The number of anilines is 1. The highest BCUT2D eigenvalue weighted by Crippen LogP contribution is 2.26. The SMILES string of the molecule is CCC(C)(CN)Nc1cccc2cc(Br)cnc12. The van der Waals surface area contributed by atoms with Gasteiger partial charge in [0.1, 0.15) is 0 Å². The lowest BCUT2D eigenvalue weighted by molar-refractivity contribution is 0.507. The van der Waals surface area contributed by atoms with Crippen LogP contribution in [0, 0.1) is 0 Å². The van der Waals surface area contributed by atoms with Gasteiger partial charge in [-0.2, -0.15) is 0 Å². The Bertz CT molecular complexity index is 550. The zero-order valence-corrected chi connectivity index (χ0v) is 12.3. The van der Waals surface area contributed by atoms with Crippen LogP contribution in [0.5, 0.6) is 0 Å². The van der Waals surface area contributed by atoms with Gasteiger partial charge in [0.25, 0.3) is 0 Å². The van der Waals surface area contributed by atoms with Crippen LogP contribution in [0.2, 0.25) is 0 Å². The molecule has 0 bridgehead atoms. The number of halogens is 1. The minimum Gasteiger partial charge on any atom is -0.377 e. The summed E-state index contributed by atoms with van der Waals surface area (Å²) in [6.45, 7) is 4.86. The second-order valence-electron chi connectivity index (χ2n) is 4.77. The molecule has 1 heterocycles. The number of nitrogens with one attached hydrogen (secondary N) is 1. The summed E-state index contributed by atoms with van der Waals surface area (Å²) in [4.78, 5) is 4.48. The summed E-state index contributed by atoms with van der Waals surface area (Å²) in [5, 5.41) is 4.63. The van der Waals surface area contributed by atoms with Crippen LogP contribution in [0.4, 0.5) is 5.69 Å². The molecule has 0 radical (unpaired) electrons. The minimum absolute atomic E-state index is 0.0942. The molecule has 4 heteroatoms. The quantitative estimate of drug-likeness (QED) is 0.908. The molecule has 3 nitrogen and oxygen atoms in total. The second kappa shape index (κ2) is 5.24. The van der Waals surface area contributed by atoms with E-state index in [-0.39, 0.29) is 5.54 Å². The highest BCUT2D eigenvalue weighted by atomic mass is 79.9. The number of hydrogen-bond donors (Lipinski definition) is 2. The number of fused-ring (bicyclic) bond motifs is 1. The molecule has 0 aliphatic heterocycles. The molecule has 2 rings (SSSR count). The molecular formula is C14H18BrN3. The highest BCUT2D eigenvalue weighted by Gasteiger charge is 2.20. The maximum atomic E-state index is 5.84. The maximum absolute atomic E-state index is 5.84. The van der Waals surface area contributed by atoms with Gasteiger partial charge in [0.05, 0.1) is 11.2 Å². The summed E-state index contributed by atoms with van der Waals surface area (Å²) in [6, 6.07) is 8.21. The molecule has 0 aliphatic rings. The van der Waals surface area contributed by atoms with Gasteiger partial charge in [-0.25, -0.2) is 0 Å². The Morgan fingerprint density at radius 3 is 2.89 bits per heavy atom. The van der Waals surface area contributed by atoms with E-state index in [1.807, 2.05) is 18.3 Å². The molecule has 0 amide bonds. The Kier molecular flexibility index (Phi) is 3.88. The Hall–Kier alpha value is -1.13. The van der Waals surface area contributed by atoms with Crippen molar-refractivity contribution in [3.63, 3.8) is 0 Å². The van der Waals surface area contributed by atoms with E-state index >= 15 is 0 Å². The third kappa shape index (κ3) is 2.65. The highest BCUT2D eigenvalue weighted by molar-refractivity contribution is 9.10. The number of pyridine rings is 1. The Labute approximate surface area is 116 Å². The molecule has 3 N–H and O–H groups in total. The van der Waals surface area contributed by atoms with Gasteiger partial charge in [0.15, 0.2) is 0 Å². The molecular weight excluding hydrogens is 290 g/mol. The van der Waals surface area contributed by atoms with Crippen molar-refractivity contribution in [3.05, 3.63) is 34.9 Å². The van der Waals surface area contributed by atoms with Gasteiger partial charge in [-0.05, 0) is 41.4 Å². The van der Waals surface area contributed by atoms with Crippen LogP contribution in [-0.2, 0) is 0 Å². The molecule has 0 fully saturated rings. The molecule has 1 unspecified atom stereocenters. The molecule has 0 aliphatic carbocycles. The molecule has 0 saturated heterocycles. The lowest BCUT2D eigenvalue weighted by atomic mass is 9.98. The third-order valence-electron chi connectivity index (χ3n) is 3.34. The van der Waals surface area contributed by atoms with Crippen LogP contribution in [0.1, 0.15) is 20.3 Å². The van der Waals surface area contributed by atoms with Crippen LogP contribution in [-0.4, -0.2) is 17.1 Å². The van der Waals surface area contributed by atoms with Gasteiger partial charge in [-0.15, -0.1) is 0 Å². The largest absolute Gasteiger partial charge is 0.377 e. The molecule has 1 aromatic heterocycles. The van der Waals surface area contributed by atoms with E-state index in [4.69, 9.17) is 5.73 Å². The van der Waals surface area contributed by atoms with E-state index in [1.54, 1.807) is 0 Å². The first kappa shape index (κ1) is 13.3. The molecule has 1 atom stereocenters. The van der Waals surface area contributed by atoms with Crippen molar-refractivity contribution in [3.8, 4) is 0 Å². The van der Waals surface area contributed by atoms with Crippen molar-refractivity contribution >= 4 is 32.5 Å². The van der Waals surface area contributed by atoms with Crippen molar-refractivity contribution in [1.29, 1.82) is 0 Å². The number of nitrogens with zero attached hydrogens (tertiary/aromatic N) is 1. The van der Waals surface area contributed by atoms with Gasteiger partial charge < -0.3 is 11.1 Å². The monoisotopic (exact) mass is 307 g/mol. The summed E-state index contributed by atoms with van der Waals surface area (Å²) < 4.78 is 0.990.